The van der Waals surface area contributed by atoms with Crippen molar-refractivity contribution < 1.29 is 4.79 Å². The summed E-state index contributed by atoms with van der Waals surface area (Å²) in [7, 11) is 1.62. The van der Waals surface area contributed by atoms with Gasteiger partial charge in [0.1, 0.15) is 6.07 Å². The van der Waals surface area contributed by atoms with Crippen molar-refractivity contribution in [3.8, 4) is 6.07 Å². The van der Waals surface area contributed by atoms with Crippen LogP contribution in [0.5, 0.6) is 0 Å². The summed E-state index contributed by atoms with van der Waals surface area (Å²) in [6.07, 6.45) is 3.50. The zero-order valence-electron chi connectivity index (χ0n) is 7.58. The van der Waals surface area contributed by atoms with Crippen molar-refractivity contribution in [2.24, 2.45) is 7.05 Å². The Morgan fingerprint density at radius 3 is 3.07 bits per heavy atom. The van der Waals surface area contributed by atoms with Crippen molar-refractivity contribution >= 4 is 6.29 Å². The summed E-state index contributed by atoms with van der Waals surface area (Å²) in [6.45, 7) is 0. The second-order valence-electron chi connectivity index (χ2n) is 2.51. The first-order valence-electron chi connectivity index (χ1n) is 3.85. The highest BCUT2D eigenvalue weighted by molar-refractivity contribution is 5.68. The number of nitriles is 1. The summed E-state index contributed by atoms with van der Waals surface area (Å²) >= 11 is 0. The molecule has 0 spiro atoms. The molecule has 0 saturated heterocycles. The van der Waals surface area contributed by atoms with E-state index in [1.54, 1.807) is 19.2 Å². The van der Waals surface area contributed by atoms with Crippen LogP contribution < -0.4 is 0 Å². The van der Waals surface area contributed by atoms with Gasteiger partial charge in [0.05, 0.1) is 5.56 Å². The van der Waals surface area contributed by atoms with Crippen LogP contribution >= 0.6 is 0 Å². The Bertz CT molecular complexity index is 429. The third-order valence-corrected chi connectivity index (χ3v) is 1.52. The molecule has 0 radical (unpaired) electrons. The van der Waals surface area contributed by atoms with Crippen LogP contribution in [0.15, 0.2) is 24.5 Å². The molecule has 0 fully saturated rings. The lowest BCUT2D eigenvalue weighted by Crippen LogP contribution is -2.00. The average molecular weight is 188 g/mol. The highest BCUT2D eigenvalue weighted by Crippen LogP contribution is 1.92. The topological polar surface area (TPSA) is 71.6 Å². The fourth-order valence-corrected chi connectivity index (χ4v) is 0.839. The third-order valence-electron chi connectivity index (χ3n) is 1.52. The van der Waals surface area contributed by atoms with Gasteiger partial charge in [0.2, 0.25) is 0 Å². The van der Waals surface area contributed by atoms with Crippen LogP contribution in [-0.2, 0) is 7.05 Å². The number of aryl methyl sites for hydroxylation is 1. The Balaban J connectivity index is 3.51. The smallest absolute Gasteiger partial charge is 0.195 e. The lowest BCUT2D eigenvalue weighted by Gasteiger charge is -1.94. The van der Waals surface area contributed by atoms with E-state index in [4.69, 9.17) is 5.26 Å². The molecule has 5 heteroatoms. The molecule has 1 aromatic rings. The second kappa shape index (κ2) is 4.72. The molecule has 14 heavy (non-hydrogen) atoms. The summed E-state index contributed by atoms with van der Waals surface area (Å²) in [5.74, 6) is 0.151. The molecular weight excluding hydrogens is 180 g/mol. The van der Waals surface area contributed by atoms with Crippen LogP contribution in [0, 0.1) is 11.3 Å². The molecule has 5 nitrogen and oxygen atoms in total. The van der Waals surface area contributed by atoms with E-state index in [2.05, 4.69) is 10.2 Å². The van der Waals surface area contributed by atoms with E-state index in [-0.39, 0.29) is 5.82 Å². The van der Waals surface area contributed by atoms with Gasteiger partial charge in [-0.1, -0.05) is 0 Å². The van der Waals surface area contributed by atoms with Gasteiger partial charge in [-0.15, -0.1) is 5.10 Å². The van der Waals surface area contributed by atoms with Crippen LogP contribution in [0.2, 0.25) is 0 Å². The predicted octanol–water partition coefficient (Wildman–Crippen LogP) is 0.624. The van der Waals surface area contributed by atoms with Crippen LogP contribution in [-0.4, -0.2) is 21.1 Å². The highest BCUT2D eigenvalue weighted by atomic mass is 16.1. The molecule has 0 aliphatic heterocycles. The first-order chi connectivity index (χ1) is 6.77. The van der Waals surface area contributed by atoms with Crippen molar-refractivity contribution in [2.45, 2.75) is 0 Å². The molecular formula is C9H8N4O. The number of carbonyl (C=O) groups is 1. The van der Waals surface area contributed by atoms with E-state index in [0.29, 0.717) is 11.8 Å². The van der Waals surface area contributed by atoms with E-state index in [1.807, 2.05) is 6.07 Å². The van der Waals surface area contributed by atoms with Gasteiger partial charge in [0.25, 0.3) is 0 Å². The third kappa shape index (κ3) is 2.38. The van der Waals surface area contributed by atoms with Crippen LogP contribution in [0.3, 0.4) is 0 Å². The minimum Gasteiger partial charge on any atom is -0.331 e. The number of carbonyl (C=O) groups excluding carboxylic acids is 1. The highest BCUT2D eigenvalue weighted by Gasteiger charge is 1.92. The monoisotopic (exact) mass is 188 g/mol. The van der Waals surface area contributed by atoms with Gasteiger partial charge >= 0.3 is 0 Å². The lowest BCUT2D eigenvalue weighted by atomic mass is 10.3. The SMILES string of the molecule is Cn1cc(C#N)cccnnc1C=O. The Kier molecular flexibility index (Phi) is 3.33. The van der Waals surface area contributed by atoms with Crippen molar-refractivity contribution in [3.05, 3.63) is 35.9 Å². The van der Waals surface area contributed by atoms with Gasteiger partial charge in [-0.05, 0) is 12.1 Å². The molecule has 0 aromatic carbocycles. The van der Waals surface area contributed by atoms with Crippen LogP contribution in [0.4, 0.5) is 0 Å². The molecule has 1 rings (SSSR count). The molecule has 0 N–H and O–H groups in total. The maximum atomic E-state index is 10.6. The number of hydrogen-bond donors (Lipinski definition) is 0. The Labute approximate surface area is 80.9 Å². The summed E-state index contributed by atoms with van der Waals surface area (Å²) < 4.78 is 1.44. The number of rotatable bonds is 1. The lowest BCUT2D eigenvalue weighted by molar-refractivity contribution is 0.111. The van der Waals surface area contributed by atoms with Gasteiger partial charge < -0.3 is 4.57 Å². The fourth-order valence-electron chi connectivity index (χ4n) is 0.839. The van der Waals surface area contributed by atoms with Gasteiger partial charge in [0.15, 0.2) is 12.1 Å². The van der Waals surface area contributed by atoms with Gasteiger partial charge in [-0.2, -0.15) is 10.4 Å². The maximum absolute atomic E-state index is 10.6. The van der Waals surface area contributed by atoms with Crippen LogP contribution in [0.1, 0.15) is 16.2 Å². The first kappa shape index (κ1) is 9.86. The first-order valence-corrected chi connectivity index (χ1v) is 3.85. The number of aldehydes is 1. The Morgan fingerprint density at radius 2 is 2.43 bits per heavy atom. The molecule has 0 aliphatic rings. The summed E-state index contributed by atoms with van der Waals surface area (Å²) in [5.41, 5.74) is 0.426. The van der Waals surface area contributed by atoms with E-state index in [9.17, 15) is 4.79 Å². The van der Waals surface area contributed by atoms with E-state index < -0.39 is 0 Å². The van der Waals surface area contributed by atoms with Crippen molar-refractivity contribution in [1.29, 1.82) is 5.26 Å². The zero-order valence-corrected chi connectivity index (χ0v) is 7.58. The van der Waals surface area contributed by atoms with Crippen molar-refractivity contribution in [2.75, 3.05) is 0 Å². The molecule has 0 atom stereocenters. The fraction of sp³-hybridized carbons (Fsp3) is 0.111. The Hall–Kier alpha value is -2.22. The molecule has 0 saturated carbocycles. The summed E-state index contributed by atoms with van der Waals surface area (Å²) in [6, 6.07) is 5.14. The van der Waals surface area contributed by atoms with Crippen molar-refractivity contribution in [3.63, 3.8) is 0 Å². The number of nitrogens with zero attached hydrogens (tertiary/aromatic N) is 4. The minimum absolute atomic E-state index is 0.151. The molecule has 0 unspecified atom stereocenters. The van der Waals surface area contributed by atoms with Crippen LogP contribution in [0.25, 0.3) is 0 Å². The quantitative estimate of drug-likeness (QED) is 0.606. The predicted molar refractivity (Wildman–Crippen MR) is 48.7 cm³/mol. The minimum atomic E-state index is 0.151. The zero-order chi connectivity index (χ0) is 10.4. The molecule has 0 bridgehead atoms. The largest absolute Gasteiger partial charge is 0.331 e. The van der Waals surface area contributed by atoms with E-state index in [0.717, 1.165) is 0 Å². The average Bonchev–Trinajstić information content (AvgIpc) is 2.28. The van der Waals surface area contributed by atoms with Gasteiger partial charge in [0, 0.05) is 19.4 Å². The number of aromatic nitrogens is 3. The molecule has 0 aliphatic carbocycles. The molecule has 0 amide bonds. The van der Waals surface area contributed by atoms with E-state index >= 15 is 0 Å². The van der Waals surface area contributed by atoms with Gasteiger partial charge in [-0.25, -0.2) is 0 Å². The maximum Gasteiger partial charge on any atom is 0.195 e. The molecule has 1 heterocycles. The van der Waals surface area contributed by atoms with Gasteiger partial charge in [-0.3, -0.25) is 4.79 Å². The molecule has 1 aromatic heterocycles. The van der Waals surface area contributed by atoms with E-state index in [1.165, 1.54) is 17.0 Å². The Morgan fingerprint density at radius 1 is 1.64 bits per heavy atom. The normalized spacial score (nSPS) is 8.57. The summed E-state index contributed by atoms with van der Waals surface area (Å²) in [5, 5.41) is 16.0. The molecule has 70 valence electrons. The standard InChI is InChI=1S/C9H8N4O/c1-13-6-8(5-10)3-2-4-11-12-9(13)7-14/h2-4,6-7H,1H3. The number of hydrogen-bond acceptors (Lipinski definition) is 4. The second-order valence-corrected chi connectivity index (χ2v) is 2.51. The van der Waals surface area contributed by atoms with Crippen molar-refractivity contribution in [1.82, 2.24) is 14.8 Å². The summed E-state index contributed by atoms with van der Waals surface area (Å²) in [4.78, 5) is 10.6.